The number of likely N-dealkylation sites (tertiary alicyclic amines) is 1. The molecule has 8 heteroatoms. The molecule has 1 amide bonds. The van der Waals surface area contributed by atoms with Gasteiger partial charge in [-0.15, -0.1) is 12.4 Å². The van der Waals surface area contributed by atoms with E-state index in [1.54, 1.807) is 4.90 Å². The van der Waals surface area contributed by atoms with Crippen molar-refractivity contribution in [3.63, 3.8) is 0 Å². The lowest BCUT2D eigenvalue weighted by molar-refractivity contribution is -0.218. The SMILES string of the molecule is CCCCC(CN)NC(=O)C1(C(F)(F)F)CCN(Cc2ccccc2)C1.Cl. The molecular formula is C19H29ClF3N3O. The van der Waals surface area contributed by atoms with E-state index in [4.69, 9.17) is 5.73 Å². The Hall–Kier alpha value is -1.31. The van der Waals surface area contributed by atoms with Crippen LogP contribution in [0.4, 0.5) is 13.2 Å². The summed E-state index contributed by atoms with van der Waals surface area (Å²) in [5, 5.41) is 2.56. The van der Waals surface area contributed by atoms with Crippen LogP contribution in [-0.2, 0) is 11.3 Å². The van der Waals surface area contributed by atoms with Crippen molar-refractivity contribution < 1.29 is 18.0 Å². The van der Waals surface area contributed by atoms with Crippen molar-refractivity contribution in [2.24, 2.45) is 11.1 Å². The molecule has 2 unspecified atom stereocenters. The number of carbonyl (C=O) groups is 1. The summed E-state index contributed by atoms with van der Waals surface area (Å²) in [6.45, 7) is 2.47. The number of nitrogens with one attached hydrogen (secondary N) is 1. The Kier molecular flexibility index (Phi) is 9.05. The first-order valence-corrected chi connectivity index (χ1v) is 9.16. The average Bonchev–Trinajstić information content (AvgIpc) is 3.04. The molecule has 1 aliphatic rings. The van der Waals surface area contributed by atoms with E-state index in [1.165, 1.54) is 0 Å². The second kappa shape index (κ2) is 10.3. The quantitative estimate of drug-likeness (QED) is 0.693. The van der Waals surface area contributed by atoms with Crippen molar-refractivity contribution in [1.82, 2.24) is 10.2 Å². The largest absolute Gasteiger partial charge is 0.404 e. The lowest BCUT2D eigenvalue weighted by Crippen LogP contribution is -2.55. The van der Waals surface area contributed by atoms with E-state index in [2.05, 4.69) is 5.32 Å². The molecule has 0 aliphatic carbocycles. The highest BCUT2D eigenvalue weighted by atomic mass is 35.5. The highest BCUT2D eigenvalue weighted by Gasteiger charge is 2.63. The predicted octanol–water partition coefficient (Wildman–Crippen LogP) is 3.50. The first-order chi connectivity index (χ1) is 12.3. The summed E-state index contributed by atoms with van der Waals surface area (Å²) in [7, 11) is 0. The van der Waals surface area contributed by atoms with Crippen LogP contribution in [0.25, 0.3) is 0 Å². The molecule has 0 bridgehead atoms. The maximum Gasteiger partial charge on any atom is 0.404 e. The first kappa shape index (κ1) is 23.7. The number of alkyl halides is 3. The van der Waals surface area contributed by atoms with Gasteiger partial charge < -0.3 is 11.1 Å². The van der Waals surface area contributed by atoms with Crippen molar-refractivity contribution in [1.29, 1.82) is 0 Å². The van der Waals surface area contributed by atoms with E-state index in [1.807, 2.05) is 37.3 Å². The monoisotopic (exact) mass is 407 g/mol. The summed E-state index contributed by atoms with van der Waals surface area (Å²) in [4.78, 5) is 14.3. The van der Waals surface area contributed by atoms with Gasteiger partial charge in [0, 0.05) is 25.7 Å². The number of amides is 1. The van der Waals surface area contributed by atoms with Gasteiger partial charge >= 0.3 is 6.18 Å². The van der Waals surface area contributed by atoms with Crippen LogP contribution in [0.15, 0.2) is 30.3 Å². The first-order valence-electron chi connectivity index (χ1n) is 9.16. The van der Waals surface area contributed by atoms with E-state index < -0.39 is 23.5 Å². The lowest BCUT2D eigenvalue weighted by atomic mass is 9.84. The Morgan fingerprint density at radius 2 is 2.00 bits per heavy atom. The zero-order valence-corrected chi connectivity index (χ0v) is 16.4. The van der Waals surface area contributed by atoms with Gasteiger partial charge in [0.05, 0.1) is 0 Å². The third-order valence-electron chi connectivity index (χ3n) is 5.10. The number of carbonyl (C=O) groups excluding carboxylic acids is 1. The van der Waals surface area contributed by atoms with E-state index >= 15 is 0 Å². The van der Waals surface area contributed by atoms with Gasteiger partial charge in [-0.2, -0.15) is 13.2 Å². The van der Waals surface area contributed by atoms with Crippen LogP contribution in [0.2, 0.25) is 0 Å². The minimum absolute atomic E-state index is 0. The summed E-state index contributed by atoms with van der Waals surface area (Å²) in [6.07, 6.45) is -2.49. The van der Waals surface area contributed by atoms with Crippen LogP contribution >= 0.6 is 12.4 Å². The molecule has 4 nitrogen and oxygen atoms in total. The number of rotatable bonds is 8. The van der Waals surface area contributed by atoms with Crippen molar-refractivity contribution >= 4 is 18.3 Å². The van der Waals surface area contributed by atoms with E-state index in [-0.39, 0.29) is 38.5 Å². The smallest absolute Gasteiger partial charge is 0.351 e. The number of nitrogens with zero attached hydrogens (tertiary/aromatic N) is 1. The predicted molar refractivity (Wildman–Crippen MR) is 103 cm³/mol. The van der Waals surface area contributed by atoms with E-state index in [0.717, 1.165) is 18.4 Å². The van der Waals surface area contributed by atoms with Gasteiger partial charge in [-0.1, -0.05) is 50.1 Å². The fourth-order valence-electron chi connectivity index (χ4n) is 3.43. The Balaban J connectivity index is 0.00000364. The standard InChI is InChI=1S/C19H28F3N3O.ClH/c1-2-3-9-16(12-23)24-17(26)18(19(20,21)22)10-11-25(14-18)13-15-7-5-4-6-8-15;/h4-8,16H,2-3,9-14,23H2,1H3,(H,24,26);1H. The Bertz CT molecular complexity index is 585. The number of hydrogen-bond donors (Lipinski definition) is 2. The molecule has 1 aromatic carbocycles. The van der Waals surface area contributed by atoms with Crippen LogP contribution in [0.1, 0.15) is 38.2 Å². The number of nitrogens with two attached hydrogens (primary N) is 1. The summed E-state index contributed by atoms with van der Waals surface area (Å²) in [6, 6.07) is 8.92. The van der Waals surface area contributed by atoms with E-state index in [9.17, 15) is 18.0 Å². The maximum atomic E-state index is 13.9. The molecule has 1 heterocycles. The highest BCUT2D eigenvalue weighted by Crippen LogP contribution is 2.46. The molecule has 1 fully saturated rings. The fourth-order valence-corrected chi connectivity index (χ4v) is 3.43. The molecule has 154 valence electrons. The summed E-state index contributed by atoms with van der Waals surface area (Å²) >= 11 is 0. The molecule has 1 saturated heterocycles. The van der Waals surface area contributed by atoms with Crippen LogP contribution in [0, 0.1) is 5.41 Å². The average molecular weight is 408 g/mol. The molecule has 27 heavy (non-hydrogen) atoms. The zero-order valence-electron chi connectivity index (χ0n) is 15.6. The number of benzene rings is 1. The second-order valence-corrected chi connectivity index (χ2v) is 7.07. The molecule has 2 atom stereocenters. The number of unbranched alkanes of at least 4 members (excludes halogenated alkanes) is 1. The molecule has 1 aliphatic heterocycles. The second-order valence-electron chi connectivity index (χ2n) is 7.07. The van der Waals surface area contributed by atoms with Crippen LogP contribution in [0.3, 0.4) is 0 Å². The maximum absolute atomic E-state index is 13.9. The summed E-state index contributed by atoms with van der Waals surface area (Å²) < 4.78 is 41.6. The van der Waals surface area contributed by atoms with Crippen molar-refractivity contribution in [2.45, 2.75) is 51.4 Å². The molecule has 0 spiro atoms. The summed E-state index contributed by atoms with van der Waals surface area (Å²) in [5.41, 5.74) is 4.21. The van der Waals surface area contributed by atoms with Gasteiger partial charge in [-0.05, 0) is 24.9 Å². The Morgan fingerprint density at radius 3 is 2.56 bits per heavy atom. The molecular weight excluding hydrogens is 379 g/mol. The van der Waals surface area contributed by atoms with Gasteiger partial charge in [0.1, 0.15) is 0 Å². The normalized spacial score (nSPS) is 21.5. The van der Waals surface area contributed by atoms with E-state index in [0.29, 0.717) is 13.0 Å². The molecule has 0 saturated carbocycles. The minimum Gasteiger partial charge on any atom is -0.351 e. The number of hydrogen-bond acceptors (Lipinski definition) is 3. The van der Waals surface area contributed by atoms with Crippen molar-refractivity contribution in [3.05, 3.63) is 35.9 Å². The highest BCUT2D eigenvalue weighted by molar-refractivity contribution is 5.85. The van der Waals surface area contributed by atoms with Gasteiger partial charge in [0.15, 0.2) is 5.41 Å². The van der Waals surface area contributed by atoms with Crippen molar-refractivity contribution in [2.75, 3.05) is 19.6 Å². The minimum atomic E-state index is -4.59. The topological polar surface area (TPSA) is 58.4 Å². The van der Waals surface area contributed by atoms with Gasteiger partial charge in [-0.25, -0.2) is 0 Å². The number of halogens is 4. The van der Waals surface area contributed by atoms with Crippen LogP contribution in [0.5, 0.6) is 0 Å². The summed E-state index contributed by atoms with van der Waals surface area (Å²) in [5.74, 6) is -0.938. The molecule has 0 aromatic heterocycles. The molecule has 3 N–H and O–H groups in total. The lowest BCUT2D eigenvalue weighted by Gasteiger charge is -2.32. The third-order valence-corrected chi connectivity index (χ3v) is 5.10. The third kappa shape index (κ3) is 5.83. The zero-order chi connectivity index (χ0) is 19.2. The molecule has 0 radical (unpaired) electrons. The fraction of sp³-hybridized carbons (Fsp3) is 0.632. The molecule has 2 rings (SSSR count). The van der Waals surface area contributed by atoms with Gasteiger partial charge in [-0.3, -0.25) is 9.69 Å². The van der Waals surface area contributed by atoms with Crippen molar-refractivity contribution in [3.8, 4) is 0 Å². The Labute approximate surface area is 165 Å². The van der Waals surface area contributed by atoms with Crippen LogP contribution < -0.4 is 11.1 Å². The van der Waals surface area contributed by atoms with Gasteiger partial charge in [0.25, 0.3) is 0 Å². The molecule has 1 aromatic rings. The van der Waals surface area contributed by atoms with Crippen LogP contribution in [-0.4, -0.2) is 42.7 Å². The van der Waals surface area contributed by atoms with Gasteiger partial charge in [0.2, 0.25) is 5.91 Å². The Morgan fingerprint density at radius 1 is 1.33 bits per heavy atom.